The van der Waals surface area contributed by atoms with Crippen LogP contribution in [-0.4, -0.2) is 22.6 Å². The van der Waals surface area contributed by atoms with Crippen molar-refractivity contribution in [3.05, 3.63) is 12.2 Å². The SMILES string of the molecule is CCCC(C)(OC(=O)/C=C/C(=O)O)C1CCC(C(C)(C)CC)CC1. The van der Waals surface area contributed by atoms with E-state index in [2.05, 4.69) is 27.7 Å². The van der Waals surface area contributed by atoms with Crippen LogP contribution in [-0.2, 0) is 14.3 Å². The average Bonchev–Trinajstić information content (AvgIpc) is 2.53. The Balaban J connectivity index is 2.75. The molecule has 0 aromatic carbocycles. The molecule has 0 amide bonds. The Morgan fingerprint density at radius 2 is 1.58 bits per heavy atom. The van der Waals surface area contributed by atoms with Crippen molar-refractivity contribution in [3.8, 4) is 0 Å². The Morgan fingerprint density at radius 3 is 2.04 bits per heavy atom. The molecular formula is C20H34O4. The number of ether oxygens (including phenoxy) is 1. The third-order valence-corrected chi connectivity index (χ3v) is 6.05. The highest BCUT2D eigenvalue weighted by Crippen LogP contribution is 2.46. The number of aliphatic carboxylic acids is 1. The molecule has 0 aromatic heterocycles. The van der Waals surface area contributed by atoms with Gasteiger partial charge in [-0.25, -0.2) is 9.59 Å². The van der Waals surface area contributed by atoms with E-state index < -0.39 is 17.5 Å². The molecule has 1 N–H and O–H groups in total. The molecule has 1 aliphatic carbocycles. The minimum Gasteiger partial charge on any atom is -0.478 e. The summed E-state index contributed by atoms with van der Waals surface area (Å²) < 4.78 is 5.73. The molecular weight excluding hydrogens is 304 g/mol. The number of carboxylic acid groups (broad SMARTS) is 1. The van der Waals surface area contributed by atoms with Gasteiger partial charge in [0.05, 0.1) is 0 Å². The van der Waals surface area contributed by atoms with Crippen molar-refractivity contribution in [2.45, 2.75) is 85.2 Å². The van der Waals surface area contributed by atoms with Crippen molar-refractivity contribution in [2.75, 3.05) is 0 Å². The zero-order chi connectivity index (χ0) is 18.4. The van der Waals surface area contributed by atoms with Gasteiger partial charge in [0.2, 0.25) is 0 Å². The van der Waals surface area contributed by atoms with Gasteiger partial charge < -0.3 is 9.84 Å². The molecule has 1 atom stereocenters. The molecule has 0 saturated heterocycles. The first-order chi connectivity index (χ1) is 11.1. The predicted molar refractivity (Wildman–Crippen MR) is 95.7 cm³/mol. The zero-order valence-corrected chi connectivity index (χ0v) is 15.9. The zero-order valence-electron chi connectivity index (χ0n) is 15.9. The smallest absolute Gasteiger partial charge is 0.331 e. The Labute approximate surface area is 146 Å². The lowest BCUT2D eigenvalue weighted by atomic mass is 9.64. The molecule has 0 bridgehead atoms. The number of hydrogen-bond acceptors (Lipinski definition) is 3. The van der Waals surface area contributed by atoms with Crippen LogP contribution in [0.5, 0.6) is 0 Å². The second-order valence-corrected chi connectivity index (χ2v) is 8.05. The van der Waals surface area contributed by atoms with Crippen molar-refractivity contribution in [3.63, 3.8) is 0 Å². The fraction of sp³-hybridized carbons (Fsp3) is 0.800. The van der Waals surface area contributed by atoms with Gasteiger partial charge in [-0.05, 0) is 56.3 Å². The molecule has 0 heterocycles. The van der Waals surface area contributed by atoms with Crippen molar-refractivity contribution in [1.82, 2.24) is 0 Å². The van der Waals surface area contributed by atoms with Crippen molar-refractivity contribution in [2.24, 2.45) is 17.3 Å². The van der Waals surface area contributed by atoms with E-state index in [1.54, 1.807) is 0 Å². The first kappa shape index (κ1) is 20.7. The van der Waals surface area contributed by atoms with Crippen LogP contribution in [0.1, 0.15) is 79.6 Å². The first-order valence-corrected chi connectivity index (χ1v) is 9.28. The fourth-order valence-corrected chi connectivity index (χ4v) is 4.01. The summed E-state index contributed by atoms with van der Waals surface area (Å²) >= 11 is 0. The summed E-state index contributed by atoms with van der Waals surface area (Å²) in [7, 11) is 0. The molecule has 0 aliphatic heterocycles. The summed E-state index contributed by atoms with van der Waals surface area (Å²) in [5.41, 5.74) is -0.136. The summed E-state index contributed by atoms with van der Waals surface area (Å²) in [6.07, 6.45) is 9.28. The molecule has 1 rings (SSSR count). The summed E-state index contributed by atoms with van der Waals surface area (Å²) in [4.78, 5) is 22.5. The monoisotopic (exact) mass is 338 g/mol. The summed E-state index contributed by atoms with van der Waals surface area (Å²) in [5, 5.41) is 8.65. The minimum atomic E-state index is -1.13. The molecule has 0 aromatic rings. The molecule has 0 radical (unpaired) electrons. The van der Waals surface area contributed by atoms with Crippen molar-refractivity contribution >= 4 is 11.9 Å². The minimum absolute atomic E-state index is 0.350. The van der Waals surface area contributed by atoms with Gasteiger partial charge in [-0.2, -0.15) is 0 Å². The molecule has 24 heavy (non-hydrogen) atoms. The number of esters is 1. The predicted octanol–water partition coefficient (Wildman–Crippen LogP) is 4.97. The van der Waals surface area contributed by atoms with Crippen molar-refractivity contribution < 1.29 is 19.4 Å². The van der Waals surface area contributed by atoms with Crippen LogP contribution in [0.15, 0.2) is 12.2 Å². The molecule has 1 saturated carbocycles. The topological polar surface area (TPSA) is 63.6 Å². The van der Waals surface area contributed by atoms with Gasteiger partial charge in [0.25, 0.3) is 0 Å². The van der Waals surface area contributed by atoms with Crippen LogP contribution in [0.25, 0.3) is 0 Å². The molecule has 1 aliphatic rings. The van der Waals surface area contributed by atoms with Gasteiger partial charge in [-0.1, -0.05) is 40.5 Å². The van der Waals surface area contributed by atoms with Crippen molar-refractivity contribution in [1.29, 1.82) is 0 Å². The van der Waals surface area contributed by atoms with Crippen LogP contribution in [0.3, 0.4) is 0 Å². The Morgan fingerprint density at radius 1 is 1.04 bits per heavy atom. The van der Waals surface area contributed by atoms with Gasteiger partial charge in [-0.3, -0.25) is 0 Å². The van der Waals surface area contributed by atoms with E-state index >= 15 is 0 Å². The summed E-state index contributed by atoms with van der Waals surface area (Å²) in [6, 6.07) is 0. The van der Waals surface area contributed by atoms with E-state index in [0.717, 1.165) is 43.8 Å². The first-order valence-electron chi connectivity index (χ1n) is 9.28. The van der Waals surface area contributed by atoms with E-state index in [-0.39, 0.29) is 0 Å². The second-order valence-electron chi connectivity index (χ2n) is 8.05. The lowest BCUT2D eigenvalue weighted by molar-refractivity contribution is -0.161. The average molecular weight is 338 g/mol. The highest BCUT2D eigenvalue weighted by molar-refractivity contribution is 5.90. The lowest BCUT2D eigenvalue weighted by Crippen LogP contribution is -2.42. The standard InChI is InChI=1S/C20H34O4/c1-6-14-20(5,24-18(23)13-12-17(21)22)16-10-8-15(9-11-16)19(3,4)7-2/h12-13,15-16H,6-11,14H2,1-5H3,(H,21,22)/b13-12+. The summed E-state index contributed by atoms with van der Waals surface area (Å²) in [6.45, 7) is 11.0. The van der Waals surface area contributed by atoms with E-state index in [4.69, 9.17) is 9.84 Å². The van der Waals surface area contributed by atoms with Crippen LogP contribution >= 0.6 is 0 Å². The quantitative estimate of drug-likeness (QED) is 0.501. The highest BCUT2D eigenvalue weighted by Gasteiger charge is 2.41. The lowest BCUT2D eigenvalue weighted by Gasteiger charge is -2.44. The molecule has 1 unspecified atom stereocenters. The molecule has 1 fully saturated rings. The molecule has 0 spiro atoms. The Kier molecular flexibility index (Phi) is 7.50. The van der Waals surface area contributed by atoms with Gasteiger partial charge in [0.1, 0.15) is 5.60 Å². The van der Waals surface area contributed by atoms with Crippen LogP contribution in [0, 0.1) is 17.3 Å². The van der Waals surface area contributed by atoms with E-state index in [1.165, 1.54) is 19.3 Å². The Hall–Kier alpha value is -1.32. The number of carbonyl (C=O) groups is 2. The normalized spacial score (nSPS) is 24.5. The maximum Gasteiger partial charge on any atom is 0.331 e. The molecule has 138 valence electrons. The third kappa shape index (κ3) is 5.64. The largest absolute Gasteiger partial charge is 0.478 e. The fourth-order valence-electron chi connectivity index (χ4n) is 4.01. The summed E-state index contributed by atoms with van der Waals surface area (Å²) in [5.74, 6) is -0.605. The molecule has 4 heteroatoms. The Bertz CT molecular complexity index is 458. The van der Waals surface area contributed by atoms with Crippen LogP contribution in [0.2, 0.25) is 0 Å². The van der Waals surface area contributed by atoms with Gasteiger partial charge in [0, 0.05) is 12.2 Å². The van der Waals surface area contributed by atoms with E-state index in [9.17, 15) is 9.59 Å². The maximum absolute atomic E-state index is 12.0. The third-order valence-electron chi connectivity index (χ3n) is 6.05. The highest BCUT2D eigenvalue weighted by atomic mass is 16.6. The van der Waals surface area contributed by atoms with Gasteiger partial charge in [-0.15, -0.1) is 0 Å². The molecule has 4 nitrogen and oxygen atoms in total. The number of carbonyl (C=O) groups excluding carboxylic acids is 1. The van der Waals surface area contributed by atoms with E-state index in [0.29, 0.717) is 11.3 Å². The van der Waals surface area contributed by atoms with E-state index in [1.807, 2.05) is 6.92 Å². The maximum atomic E-state index is 12.0. The second kappa shape index (κ2) is 8.68. The van der Waals surface area contributed by atoms with Gasteiger partial charge >= 0.3 is 11.9 Å². The van der Waals surface area contributed by atoms with Crippen LogP contribution in [0.4, 0.5) is 0 Å². The number of carboxylic acids is 1. The number of hydrogen-bond donors (Lipinski definition) is 1. The van der Waals surface area contributed by atoms with Gasteiger partial charge in [0.15, 0.2) is 0 Å². The number of rotatable bonds is 8. The van der Waals surface area contributed by atoms with Crippen LogP contribution < -0.4 is 0 Å².